The molecule has 9 nitrogen and oxygen atoms in total. The van der Waals surface area contributed by atoms with Crippen LogP contribution in [-0.4, -0.2) is 51.9 Å². The van der Waals surface area contributed by atoms with Gasteiger partial charge in [0.25, 0.3) is 5.91 Å². The number of fused-ring (bicyclic) bond motifs is 1. The first-order chi connectivity index (χ1) is 21.4. The lowest BCUT2D eigenvalue weighted by molar-refractivity contribution is -0.121. The maximum absolute atomic E-state index is 13.6. The lowest BCUT2D eigenvalue weighted by atomic mass is 9.86. The summed E-state index contributed by atoms with van der Waals surface area (Å²) in [5, 5.41) is 0.697. The van der Waals surface area contributed by atoms with Gasteiger partial charge in [-0.25, -0.2) is 4.98 Å². The van der Waals surface area contributed by atoms with Crippen molar-refractivity contribution in [2.24, 2.45) is 22.2 Å². The van der Waals surface area contributed by atoms with Gasteiger partial charge in [0.2, 0.25) is 5.91 Å². The molecule has 10 heteroatoms. The van der Waals surface area contributed by atoms with Crippen LogP contribution < -0.4 is 17.2 Å². The number of nitrogens with two attached hydrogens (primary N) is 3. The van der Waals surface area contributed by atoms with E-state index < -0.39 is 11.9 Å². The molecule has 4 aromatic rings. The van der Waals surface area contributed by atoms with Crippen LogP contribution in [0, 0.1) is 0 Å². The first-order valence-corrected chi connectivity index (χ1v) is 15.5. The van der Waals surface area contributed by atoms with E-state index >= 15 is 0 Å². The molecule has 1 aliphatic heterocycles. The van der Waals surface area contributed by atoms with Crippen LogP contribution in [0.1, 0.15) is 67.6 Å². The zero-order valence-corrected chi connectivity index (χ0v) is 26.7. The first-order valence-electron chi connectivity index (χ1n) is 15.1. The van der Waals surface area contributed by atoms with E-state index in [1.165, 1.54) is 11.1 Å². The molecule has 1 aromatic heterocycles. The Hall–Kier alpha value is -4.63. The van der Waals surface area contributed by atoms with Crippen LogP contribution in [0.25, 0.3) is 28.0 Å². The monoisotopic (exact) mass is 625 g/mol. The number of primary amides is 1. The van der Waals surface area contributed by atoms with Crippen molar-refractivity contribution in [2.45, 2.75) is 51.5 Å². The minimum absolute atomic E-state index is 0.000860. The third-order valence-electron chi connectivity index (χ3n) is 8.23. The van der Waals surface area contributed by atoms with E-state index in [1.807, 2.05) is 51.9 Å². The second kappa shape index (κ2) is 13.2. The molecule has 0 unspecified atom stereocenters. The summed E-state index contributed by atoms with van der Waals surface area (Å²) in [6.45, 7) is 7.96. The number of carbonyl (C=O) groups is 2. The van der Waals surface area contributed by atoms with E-state index in [1.54, 1.807) is 12.1 Å². The van der Waals surface area contributed by atoms with Crippen molar-refractivity contribution in [1.29, 1.82) is 0 Å². The van der Waals surface area contributed by atoms with Crippen LogP contribution in [0.2, 0.25) is 5.02 Å². The zero-order chi connectivity index (χ0) is 32.3. The highest BCUT2D eigenvalue weighted by Crippen LogP contribution is 2.33. The molecule has 0 aliphatic carbocycles. The number of imidazole rings is 1. The molecule has 2 amide bonds. The maximum atomic E-state index is 13.6. The Labute approximate surface area is 268 Å². The average Bonchev–Trinajstić information content (AvgIpc) is 3.39. The van der Waals surface area contributed by atoms with Crippen molar-refractivity contribution in [3.05, 3.63) is 94.5 Å². The van der Waals surface area contributed by atoms with Crippen molar-refractivity contribution in [3.63, 3.8) is 0 Å². The number of amides is 2. The second-order valence-corrected chi connectivity index (χ2v) is 12.9. The van der Waals surface area contributed by atoms with Gasteiger partial charge in [-0.15, -0.1) is 0 Å². The van der Waals surface area contributed by atoms with Crippen molar-refractivity contribution in [1.82, 2.24) is 14.5 Å². The zero-order valence-electron chi connectivity index (χ0n) is 26.0. The number of hydrogen-bond acceptors (Lipinski definition) is 4. The fraction of sp³-hybridized carbons (Fsp3) is 0.314. The third kappa shape index (κ3) is 7.20. The quantitative estimate of drug-likeness (QED) is 0.125. The molecule has 45 heavy (non-hydrogen) atoms. The van der Waals surface area contributed by atoms with Crippen molar-refractivity contribution < 1.29 is 9.59 Å². The molecular weight excluding hydrogens is 586 g/mol. The number of carbonyl (C=O) groups excluding carboxylic acids is 2. The number of guanidine groups is 1. The minimum atomic E-state index is -0.693. The van der Waals surface area contributed by atoms with Gasteiger partial charge >= 0.3 is 0 Å². The molecule has 0 bridgehead atoms. The summed E-state index contributed by atoms with van der Waals surface area (Å²) in [5.41, 5.74) is 23.2. The van der Waals surface area contributed by atoms with Gasteiger partial charge in [-0.1, -0.05) is 74.8 Å². The Balaban J connectivity index is 1.49. The molecule has 0 saturated carbocycles. The molecule has 0 fully saturated rings. The summed E-state index contributed by atoms with van der Waals surface area (Å²) in [7, 11) is 0. The smallest absolute Gasteiger partial charge is 0.254 e. The van der Waals surface area contributed by atoms with E-state index in [-0.39, 0.29) is 17.3 Å². The predicted molar refractivity (Wildman–Crippen MR) is 182 cm³/mol. The summed E-state index contributed by atoms with van der Waals surface area (Å²) in [6.07, 6.45) is 3.81. The van der Waals surface area contributed by atoms with Gasteiger partial charge in [-0.3, -0.25) is 14.6 Å². The molecule has 0 radical (unpaired) electrons. The molecule has 6 N–H and O–H groups in total. The molecule has 1 aliphatic rings. The van der Waals surface area contributed by atoms with E-state index in [0.717, 1.165) is 23.1 Å². The maximum Gasteiger partial charge on any atom is 0.254 e. The SMILES string of the molecule is CC(C)(C)c1ccc(-c2nc3cc(C(=O)N4CC=C(c5ccc(Cl)cc5)CC4)ccc3n2[C@@H](CCCN=C(N)N)C(N)=O)cc1. The highest BCUT2D eigenvalue weighted by molar-refractivity contribution is 6.30. The van der Waals surface area contributed by atoms with Crippen molar-refractivity contribution in [2.75, 3.05) is 19.6 Å². The number of hydrogen-bond donors (Lipinski definition) is 3. The standard InChI is InChI=1S/C35H40ClN7O2/c1-35(2,3)26-11-6-24(7-12-26)32-41-28-21-25(10-15-29(28)43(32)30(31(37)44)5-4-18-40-34(38)39)33(45)42-19-16-23(17-20-42)22-8-13-27(36)14-9-22/h6-16,21,30H,4-5,17-20H2,1-3H3,(H2,37,44)(H4,38,39,40)/t30-/m0/s1. The van der Waals surface area contributed by atoms with Crippen LogP contribution in [0.15, 0.2) is 77.8 Å². The van der Waals surface area contributed by atoms with E-state index in [0.29, 0.717) is 54.4 Å². The minimum Gasteiger partial charge on any atom is -0.370 e. The Bertz CT molecular complexity index is 1760. The lowest BCUT2D eigenvalue weighted by Crippen LogP contribution is -2.34. The summed E-state index contributed by atoms with van der Waals surface area (Å²) in [5.74, 6) is 0.0519. The summed E-state index contributed by atoms with van der Waals surface area (Å²) >= 11 is 6.05. The highest BCUT2D eigenvalue weighted by atomic mass is 35.5. The fourth-order valence-corrected chi connectivity index (χ4v) is 5.85. The van der Waals surface area contributed by atoms with Crippen LogP contribution in [0.3, 0.4) is 0 Å². The molecule has 0 spiro atoms. The molecule has 0 saturated heterocycles. The Morgan fingerprint density at radius 3 is 2.27 bits per heavy atom. The topological polar surface area (TPSA) is 146 Å². The van der Waals surface area contributed by atoms with Crippen LogP contribution >= 0.6 is 11.6 Å². The van der Waals surface area contributed by atoms with Gasteiger partial charge in [0.15, 0.2) is 5.96 Å². The van der Waals surface area contributed by atoms with Gasteiger partial charge in [0.05, 0.1) is 11.0 Å². The fourth-order valence-electron chi connectivity index (χ4n) is 5.72. The summed E-state index contributed by atoms with van der Waals surface area (Å²) in [4.78, 5) is 37.4. The van der Waals surface area contributed by atoms with Gasteiger partial charge in [0.1, 0.15) is 11.9 Å². The van der Waals surface area contributed by atoms with Crippen LogP contribution in [-0.2, 0) is 10.2 Å². The van der Waals surface area contributed by atoms with Gasteiger partial charge in [-0.05, 0) is 71.7 Å². The Morgan fingerprint density at radius 2 is 1.67 bits per heavy atom. The van der Waals surface area contributed by atoms with E-state index in [4.69, 9.17) is 33.8 Å². The molecule has 234 valence electrons. The van der Waals surface area contributed by atoms with Crippen LogP contribution in [0.4, 0.5) is 0 Å². The highest BCUT2D eigenvalue weighted by Gasteiger charge is 2.26. The predicted octanol–water partition coefficient (Wildman–Crippen LogP) is 5.66. The molecule has 2 heterocycles. The average molecular weight is 626 g/mol. The van der Waals surface area contributed by atoms with Crippen molar-refractivity contribution in [3.8, 4) is 11.4 Å². The first kappa shape index (κ1) is 31.8. The Kier molecular flexibility index (Phi) is 9.29. The number of halogens is 1. The molecule has 3 aromatic carbocycles. The van der Waals surface area contributed by atoms with Crippen LogP contribution in [0.5, 0.6) is 0 Å². The van der Waals surface area contributed by atoms with E-state index in [9.17, 15) is 9.59 Å². The van der Waals surface area contributed by atoms with Gasteiger partial charge in [-0.2, -0.15) is 0 Å². The molecule has 5 rings (SSSR count). The number of rotatable bonds is 9. The summed E-state index contributed by atoms with van der Waals surface area (Å²) in [6, 6.07) is 20.7. The summed E-state index contributed by atoms with van der Waals surface area (Å²) < 4.78 is 1.88. The van der Waals surface area contributed by atoms with Gasteiger partial charge in [0, 0.05) is 35.8 Å². The second-order valence-electron chi connectivity index (χ2n) is 12.4. The molecular formula is C35H40ClN7O2. The van der Waals surface area contributed by atoms with Gasteiger partial charge < -0.3 is 26.7 Å². The number of benzene rings is 3. The number of nitrogens with zero attached hydrogens (tertiary/aromatic N) is 4. The number of aromatic nitrogens is 2. The normalized spacial score (nSPS) is 14.2. The Morgan fingerprint density at radius 1 is 0.978 bits per heavy atom. The van der Waals surface area contributed by atoms with E-state index in [2.05, 4.69) is 44.0 Å². The third-order valence-corrected chi connectivity index (χ3v) is 8.48. The number of aliphatic imine (C=N–C) groups is 1. The van der Waals surface area contributed by atoms with Crippen molar-refractivity contribution >= 4 is 46.0 Å². The molecule has 1 atom stereocenters. The largest absolute Gasteiger partial charge is 0.370 e. The lowest BCUT2D eigenvalue weighted by Gasteiger charge is -2.27.